The first-order valence-electron chi connectivity index (χ1n) is 16.6. The van der Waals surface area contributed by atoms with Crippen molar-refractivity contribution in [1.82, 2.24) is 19.9 Å². The lowest BCUT2D eigenvalue weighted by molar-refractivity contribution is 0.669. The normalized spacial score (nSPS) is 14.5. The third-order valence-corrected chi connectivity index (χ3v) is 9.66. The van der Waals surface area contributed by atoms with Crippen molar-refractivity contribution in [3.05, 3.63) is 158 Å². The van der Waals surface area contributed by atoms with E-state index in [0.29, 0.717) is 11.6 Å². The molecule has 1 aliphatic rings. The number of para-hydroxylation sites is 1. The summed E-state index contributed by atoms with van der Waals surface area (Å²) >= 11 is 0. The van der Waals surface area contributed by atoms with Gasteiger partial charge in [-0.2, -0.15) is 0 Å². The molecule has 0 N–H and O–H groups in total. The average molecular weight is 629 g/mol. The van der Waals surface area contributed by atoms with E-state index >= 15 is 0 Å². The van der Waals surface area contributed by atoms with Gasteiger partial charge in [0.2, 0.25) is 0 Å². The number of allylic oxidation sites excluding steroid dienone is 4. The van der Waals surface area contributed by atoms with Crippen molar-refractivity contribution < 1.29 is 4.42 Å². The Morgan fingerprint density at radius 2 is 1.33 bits per heavy atom. The highest BCUT2D eigenvalue weighted by atomic mass is 16.3. The van der Waals surface area contributed by atoms with Gasteiger partial charge in [0.1, 0.15) is 17.0 Å². The molecule has 0 radical (unpaired) electrons. The van der Waals surface area contributed by atoms with Crippen LogP contribution in [0.1, 0.15) is 18.2 Å². The van der Waals surface area contributed by atoms with Crippen molar-refractivity contribution in [3.63, 3.8) is 0 Å². The van der Waals surface area contributed by atoms with Crippen molar-refractivity contribution in [2.45, 2.75) is 12.3 Å². The smallest absolute Gasteiger partial charge is 0.164 e. The first-order chi connectivity index (χ1) is 24.3. The number of furan rings is 1. The fraction of sp³-hybridized carbons (Fsp3) is 0.0455. The first kappa shape index (κ1) is 27.6. The van der Waals surface area contributed by atoms with E-state index in [-0.39, 0.29) is 5.92 Å². The molecule has 0 saturated heterocycles. The standard InChI is InChI=1S/C44H28N4O/c1-2-11-29(12-3-1)42-46-43(48-44(47-42)35-15-8-18-38-40(35)33-14-6-7-17-37(33)49-38)30-22-19-28(20-23-30)36-26-31-24-21-27-10-4-5-13-32(27)39(31)34-16-9-25-45-41(34)36/h1-11,13-26,29H,12H2. The van der Waals surface area contributed by atoms with Gasteiger partial charge in [0, 0.05) is 45.0 Å². The molecule has 6 aromatic carbocycles. The Bertz CT molecular complexity index is 2810. The van der Waals surface area contributed by atoms with Crippen molar-refractivity contribution in [2.24, 2.45) is 0 Å². The van der Waals surface area contributed by atoms with E-state index in [4.69, 9.17) is 24.4 Å². The van der Waals surface area contributed by atoms with E-state index in [1.807, 2.05) is 42.6 Å². The molecule has 5 heteroatoms. The minimum atomic E-state index is 0.0659. The number of benzene rings is 6. The third-order valence-electron chi connectivity index (χ3n) is 9.66. The molecule has 230 valence electrons. The van der Waals surface area contributed by atoms with Crippen molar-refractivity contribution >= 4 is 54.4 Å². The second kappa shape index (κ2) is 11.1. The number of hydrogen-bond acceptors (Lipinski definition) is 5. The zero-order valence-electron chi connectivity index (χ0n) is 26.4. The molecular formula is C44H28N4O. The molecule has 1 unspecified atom stereocenters. The van der Waals surface area contributed by atoms with Crippen LogP contribution in [0.25, 0.3) is 88.3 Å². The van der Waals surface area contributed by atoms with E-state index < -0.39 is 0 Å². The molecular weight excluding hydrogens is 601 g/mol. The Kier molecular flexibility index (Phi) is 6.24. The van der Waals surface area contributed by atoms with Gasteiger partial charge in [-0.15, -0.1) is 0 Å². The van der Waals surface area contributed by atoms with E-state index in [1.54, 1.807) is 0 Å². The summed E-state index contributed by atoms with van der Waals surface area (Å²) in [6.07, 6.45) is 11.2. The lowest BCUT2D eigenvalue weighted by Crippen LogP contribution is -2.08. The fourth-order valence-electron chi connectivity index (χ4n) is 7.31. The second-order valence-corrected chi connectivity index (χ2v) is 12.6. The third kappa shape index (κ3) is 4.54. The van der Waals surface area contributed by atoms with Crippen molar-refractivity contribution in [3.8, 4) is 33.9 Å². The van der Waals surface area contributed by atoms with Gasteiger partial charge in [0.05, 0.1) is 5.52 Å². The summed E-state index contributed by atoms with van der Waals surface area (Å²) < 4.78 is 6.21. The molecule has 9 aromatic rings. The van der Waals surface area contributed by atoms with Gasteiger partial charge in [0.25, 0.3) is 0 Å². The highest BCUT2D eigenvalue weighted by Gasteiger charge is 2.20. The Morgan fingerprint density at radius 3 is 2.22 bits per heavy atom. The predicted octanol–water partition coefficient (Wildman–Crippen LogP) is 11.2. The van der Waals surface area contributed by atoms with Crippen LogP contribution in [0.2, 0.25) is 0 Å². The molecule has 1 atom stereocenters. The molecule has 0 saturated carbocycles. The maximum absolute atomic E-state index is 6.21. The summed E-state index contributed by atoms with van der Waals surface area (Å²) in [4.78, 5) is 20.1. The summed E-state index contributed by atoms with van der Waals surface area (Å²) in [6.45, 7) is 0. The summed E-state index contributed by atoms with van der Waals surface area (Å²) in [5.74, 6) is 2.11. The summed E-state index contributed by atoms with van der Waals surface area (Å²) in [5, 5.41) is 8.11. The topological polar surface area (TPSA) is 64.7 Å². The molecule has 0 fully saturated rings. The molecule has 0 bridgehead atoms. The summed E-state index contributed by atoms with van der Waals surface area (Å²) in [6, 6.07) is 42.2. The molecule has 5 nitrogen and oxygen atoms in total. The van der Waals surface area contributed by atoms with Gasteiger partial charge in [-0.25, -0.2) is 15.0 Å². The van der Waals surface area contributed by atoms with Crippen molar-refractivity contribution in [1.29, 1.82) is 0 Å². The molecule has 0 amide bonds. The lowest BCUT2D eigenvalue weighted by atomic mass is 9.93. The molecule has 3 aromatic heterocycles. The van der Waals surface area contributed by atoms with Crippen LogP contribution >= 0.6 is 0 Å². The van der Waals surface area contributed by atoms with E-state index in [1.165, 1.54) is 21.5 Å². The minimum Gasteiger partial charge on any atom is -0.456 e. The Hall–Kier alpha value is -6.46. The van der Waals surface area contributed by atoms with Crippen molar-refractivity contribution in [2.75, 3.05) is 0 Å². The van der Waals surface area contributed by atoms with E-state index in [9.17, 15) is 0 Å². The predicted molar refractivity (Wildman–Crippen MR) is 199 cm³/mol. The van der Waals surface area contributed by atoms with E-state index in [2.05, 4.69) is 109 Å². The molecule has 1 aliphatic carbocycles. The van der Waals surface area contributed by atoms with Crippen LogP contribution in [-0.4, -0.2) is 19.9 Å². The molecule has 0 spiro atoms. The van der Waals surface area contributed by atoms with E-state index in [0.717, 1.165) is 67.3 Å². The number of pyridine rings is 1. The summed E-state index contributed by atoms with van der Waals surface area (Å²) in [5.41, 5.74) is 6.70. The quantitative estimate of drug-likeness (QED) is 0.181. The van der Waals surface area contributed by atoms with Crippen LogP contribution in [-0.2, 0) is 0 Å². The van der Waals surface area contributed by atoms with Crippen LogP contribution in [0.4, 0.5) is 0 Å². The van der Waals surface area contributed by atoms with Gasteiger partial charge >= 0.3 is 0 Å². The molecule has 3 heterocycles. The average Bonchev–Trinajstić information content (AvgIpc) is 3.57. The first-order valence-corrected chi connectivity index (χ1v) is 16.6. The molecule has 49 heavy (non-hydrogen) atoms. The van der Waals surface area contributed by atoms with Crippen LogP contribution in [0.3, 0.4) is 0 Å². The maximum Gasteiger partial charge on any atom is 0.164 e. The summed E-state index contributed by atoms with van der Waals surface area (Å²) in [7, 11) is 0. The number of aromatic nitrogens is 4. The van der Waals surface area contributed by atoms with Gasteiger partial charge in [-0.3, -0.25) is 4.98 Å². The Balaban J connectivity index is 1.12. The van der Waals surface area contributed by atoms with Gasteiger partial charge < -0.3 is 4.42 Å². The fourth-order valence-corrected chi connectivity index (χ4v) is 7.31. The largest absolute Gasteiger partial charge is 0.456 e. The maximum atomic E-state index is 6.21. The number of nitrogens with zero attached hydrogens (tertiary/aromatic N) is 4. The lowest BCUT2D eigenvalue weighted by Gasteiger charge is -2.15. The van der Waals surface area contributed by atoms with Gasteiger partial charge in [0.15, 0.2) is 11.6 Å². The number of hydrogen-bond donors (Lipinski definition) is 0. The highest BCUT2D eigenvalue weighted by Crippen LogP contribution is 2.39. The Labute approximate surface area is 281 Å². The van der Waals surface area contributed by atoms with Crippen LogP contribution in [0, 0.1) is 0 Å². The SMILES string of the molecule is C1=CCC(c2nc(-c3ccc(-c4cc5ccc6ccccc6c5c5cccnc45)cc3)nc(-c3cccc4oc5ccccc5c34)n2)C=C1. The van der Waals surface area contributed by atoms with Crippen LogP contribution in [0.15, 0.2) is 156 Å². The highest BCUT2D eigenvalue weighted by molar-refractivity contribution is 6.22. The zero-order chi connectivity index (χ0) is 32.3. The van der Waals surface area contributed by atoms with Gasteiger partial charge in [-0.05, 0) is 57.8 Å². The monoisotopic (exact) mass is 628 g/mol. The molecule has 10 rings (SSSR count). The second-order valence-electron chi connectivity index (χ2n) is 12.6. The van der Waals surface area contributed by atoms with Gasteiger partial charge in [-0.1, -0.05) is 121 Å². The Morgan fingerprint density at radius 1 is 0.551 bits per heavy atom. The molecule has 0 aliphatic heterocycles. The van der Waals surface area contributed by atoms with Crippen LogP contribution < -0.4 is 0 Å². The van der Waals surface area contributed by atoms with Crippen LogP contribution in [0.5, 0.6) is 0 Å². The minimum absolute atomic E-state index is 0.0659. The number of rotatable bonds is 4. The zero-order valence-corrected chi connectivity index (χ0v) is 26.4. The number of fused-ring (bicyclic) bond motifs is 8.